The van der Waals surface area contributed by atoms with Crippen molar-refractivity contribution in [2.75, 3.05) is 0 Å². The second kappa shape index (κ2) is 5.10. The Kier molecular flexibility index (Phi) is 3.51. The van der Waals surface area contributed by atoms with Crippen LogP contribution in [0.15, 0.2) is 48.5 Å². The van der Waals surface area contributed by atoms with Gasteiger partial charge in [0.15, 0.2) is 5.75 Å². The molecule has 2 aromatic carbocycles. The maximum Gasteiger partial charge on any atom is 0.380 e. The molecular weight excluding hydrogens is 264 g/mol. The van der Waals surface area contributed by atoms with Crippen molar-refractivity contribution in [3.8, 4) is 22.9 Å². The summed E-state index contributed by atoms with van der Waals surface area (Å²) in [5.41, 5.74) is 1.51. The second-order valence-electron chi connectivity index (χ2n) is 3.73. The van der Waals surface area contributed by atoms with E-state index < -0.39 is 10.3 Å². The van der Waals surface area contributed by atoms with E-state index in [1.54, 1.807) is 12.1 Å². The molecule has 0 aliphatic heterocycles. The normalized spacial score (nSPS) is 10.7. The van der Waals surface area contributed by atoms with Gasteiger partial charge in [-0.3, -0.25) is 0 Å². The summed E-state index contributed by atoms with van der Waals surface area (Å²) in [7, 11) is -4.16. The lowest BCUT2D eigenvalue weighted by atomic mass is 10.00. The quantitative estimate of drug-likeness (QED) is 0.923. The number of benzene rings is 2. The molecule has 0 radical (unpaired) electrons. The molecule has 2 aromatic rings. The van der Waals surface area contributed by atoms with Crippen molar-refractivity contribution in [3.05, 3.63) is 54.1 Å². The summed E-state index contributed by atoms with van der Waals surface area (Å²) >= 11 is 0. The molecule has 0 aliphatic rings. The van der Waals surface area contributed by atoms with Crippen molar-refractivity contribution in [3.63, 3.8) is 0 Å². The lowest BCUT2D eigenvalue weighted by Gasteiger charge is -2.09. The van der Waals surface area contributed by atoms with Crippen LogP contribution in [0, 0.1) is 11.3 Å². The van der Waals surface area contributed by atoms with Crippen LogP contribution in [-0.4, -0.2) is 8.42 Å². The highest BCUT2D eigenvalue weighted by Crippen LogP contribution is 2.30. The largest absolute Gasteiger partial charge is 0.380 e. The molecule has 0 unspecified atom stereocenters. The molecule has 2 N–H and O–H groups in total. The number of rotatable bonds is 3. The Labute approximate surface area is 111 Å². The Morgan fingerprint density at radius 2 is 1.74 bits per heavy atom. The van der Waals surface area contributed by atoms with Crippen LogP contribution in [0.3, 0.4) is 0 Å². The Bertz CT molecular complexity index is 734. The van der Waals surface area contributed by atoms with Crippen molar-refractivity contribution in [2.24, 2.45) is 5.14 Å². The molecular formula is C13H10N2O3S. The maximum absolute atomic E-state index is 11.0. The first-order valence-electron chi connectivity index (χ1n) is 5.32. The van der Waals surface area contributed by atoms with E-state index in [9.17, 15) is 13.7 Å². The monoisotopic (exact) mass is 274 g/mol. The highest BCUT2D eigenvalue weighted by atomic mass is 32.2. The molecule has 0 aliphatic carbocycles. The van der Waals surface area contributed by atoms with E-state index in [1.165, 1.54) is 6.07 Å². The van der Waals surface area contributed by atoms with Gasteiger partial charge in [0, 0.05) is 5.56 Å². The fraction of sp³-hybridized carbons (Fsp3) is 0. The van der Waals surface area contributed by atoms with Gasteiger partial charge in [0.25, 0.3) is 0 Å². The average Bonchev–Trinajstić information content (AvgIpc) is 2.37. The van der Waals surface area contributed by atoms with Crippen LogP contribution in [0.5, 0.6) is 5.75 Å². The van der Waals surface area contributed by atoms with Gasteiger partial charge in [-0.1, -0.05) is 42.5 Å². The molecule has 96 valence electrons. The summed E-state index contributed by atoms with van der Waals surface area (Å²) in [5, 5.41) is 14.0. The lowest BCUT2D eigenvalue weighted by Crippen LogP contribution is -2.19. The van der Waals surface area contributed by atoms with Gasteiger partial charge in [-0.05, 0) is 11.6 Å². The Morgan fingerprint density at radius 1 is 1.05 bits per heavy atom. The zero-order chi connectivity index (χ0) is 13.9. The van der Waals surface area contributed by atoms with Crippen molar-refractivity contribution < 1.29 is 12.6 Å². The van der Waals surface area contributed by atoms with Crippen LogP contribution in [0.2, 0.25) is 0 Å². The summed E-state index contributed by atoms with van der Waals surface area (Å²) in [6.07, 6.45) is 0. The zero-order valence-corrected chi connectivity index (χ0v) is 10.6. The van der Waals surface area contributed by atoms with Gasteiger partial charge in [-0.15, -0.1) is 0 Å². The molecule has 0 amide bonds. The van der Waals surface area contributed by atoms with E-state index in [1.807, 2.05) is 36.4 Å². The maximum atomic E-state index is 11.0. The van der Waals surface area contributed by atoms with Crippen LogP contribution >= 0.6 is 0 Å². The first-order valence-corrected chi connectivity index (χ1v) is 6.79. The molecule has 0 bridgehead atoms. The summed E-state index contributed by atoms with van der Waals surface area (Å²) in [4.78, 5) is 0. The van der Waals surface area contributed by atoms with Crippen LogP contribution in [0.4, 0.5) is 0 Å². The molecule has 5 nitrogen and oxygen atoms in total. The average molecular weight is 274 g/mol. The third kappa shape index (κ3) is 3.10. The third-order valence-electron chi connectivity index (χ3n) is 2.43. The molecule has 19 heavy (non-hydrogen) atoms. The summed E-state index contributed by atoms with van der Waals surface area (Å²) in [5.74, 6) is -0.0775. The molecule has 0 saturated carbocycles. The Balaban J connectivity index is 2.59. The van der Waals surface area contributed by atoms with Gasteiger partial charge in [0.2, 0.25) is 0 Å². The second-order valence-corrected chi connectivity index (χ2v) is 4.88. The summed E-state index contributed by atoms with van der Waals surface area (Å²) in [6, 6.07) is 15.8. The zero-order valence-electron chi connectivity index (χ0n) is 9.78. The minimum atomic E-state index is -4.16. The SMILES string of the molecule is N#Cc1c(OS(N)(=O)=O)cccc1-c1ccccc1. The summed E-state index contributed by atoms with van der Waals surface area (Å²) < 4.78 is 26.5. The molecule has 0 aromatic heterocycles. The van der Waals surface area contributed by atoms with Crippen molar-refractivity contribution >= 4 is 10.3 Å². The van der Waals surface area contributed by atoms with E-state index in [2.05, 4.69) is 4.18 Å². The van der Waals surface area contributed by atoms with E-state index in [-0.39, 0.29) is 11.3 Å². The fourth-order valence-corrected chi connectivity index (χ4v) is 2.09. The number of nitriles is 1. The Morgan fingerprint density at radius 3 is 2.32 bits per heavy atom. The van der Waals surface area contributed by atoms with Crippen molar-refractivity contribution in [1.82, 2.24) is 0 Å². The van der Waals surface area contributed by atoms with Gasteiger partial charge in [0.1, 0.15) is 11.6 Å². The number of nitrogens with zero attached hydrogens (tertiary/aromatic N) is 1. The molecule has 6 heteroatoms. The van der Waals surface area contributed by atoms with Crippen LogP contribution in [0.1, 0.15) is 5.56 Å². The lowest BCUT2D eigenvalue weighted by molar-refractivity contribution is 0.487. The van der Waals surface area contributed by atoms with Gasteiger partial charge in [-0.25, -0.2) is 0 Å². The highest BCUT2D eigenvalue weighted by molar-refractivity contribution is 7.84. The molecule has 0 spiro atoms. The molecule has 2 rings (SSSR count). The van der Waals surface area contributed by atoms with E-state index in [0.717, 1.165) is 5.56 Å². The van der Waals surface area contributed by atoms with E-state index in [4.69, 9.17) is 5.14 Å². The van der Waals surface area contributed by atoms with Gasteiger partial charge in [0.05, 0.1) is 0 Å². The smallest absolute Gasteiger partial charge is 0.370 e. The molecule has 0 atom stereocenters. The van der Waals surface area contributed by atoms with Crippen LogP contribution in [-0.2, 0) is 10.3 Å². The van der Waals surface area contributed by atoms with Gasteiger partial charge >= 0.3 is 10.3 Å². The highest BCUT2D eigenvalue weighted by Gasteiger charge is 2.14. The topological polar surface area (TPSA) is 93.2 Å². The fourth-order valence-electron chi connectivity index (χ4n) is 1.70. The van der Waals surface area contributed by atoms with E-state index in [0.29, 0.717) is 5.56 Å². The Hall–Kier alpha value is -2.36. The predicted molar refractivity (Wildman–Crippen MR) is 70.3 cm³/mol. The molecule has 0 heterocycles. The van der Waals surface area contributed by atoms with Gasteiger partial charge in [-0.2, -0.15) is 18.8 Å². The number of nitrogens with two attached hydrogens (primary N) is 1. The molecule has 0 saturated heterocycles. The van der Waals surface area contributed by atoms with Gasteiger partial charge < -0.3 is 4.18 Å². The van der Waals surface area contributed by atoms with Crippen LogP contribution < -0.4 is 9.32 Å². The van der Waals surface area contributed by atoms with Crippen molar-refractivity contribution in [2.45, 2.75) is 0 Å². The number of hydrogen-bond donors (Lipinski definition) is 1. The standard InChI is InChI=1S/C13H10N2O3S/c14-9-12-11(10-5-2-1-3-6-10)7-4-8-13(12)18-19(15,16)17/h1-8H,(H2,15,16,17). The first kappa shape index (κ1) is 13.1. The first-order chi connectivity index (χ1) is 9.01. The number of hydrogen-bond acceptors (Lipinski definition) is 4. The minimum absolute atomic E-state index is 0.0775. The minimum Gasteiger partial charge on any atom is -0.370 e. The van der Waals surface area contributed by atoms with E-state index >= 15 is 0 Å². The van der Waals surface area contributed by atoms with Crippen LogP contribution in [0.25, 0.3) is 11.1 Å². The predicted octanol–water partition coefficient (Wildman–Crippen LogP) is 1.81. The van der Waals surface area contributed by atoms with Crippen molar-refractivity contribution in [1.29, 1.82) is 5.26 Å². The third-order valence-corrected chi connectivity index (χ3v) is 2.84. The summed E-state index contributed by atoms with van der Waals surface area (Å²) in [6.45, 7) is 0. The molecule has 0 fully saturated rings.